The average molecular weight is 466 g/mol. The lowest BCUT2D eigenvalue weighted by Crippen LogP contribution is -2.29. The second-order valence-corrected chi connectivity index (χ2v) is 8.47. The molecule has 0 unspecified atom stereocenters. The van der Waals surface area contributed by atoms with E-state index in [1.165, 1.54) is 28.8 Å². The number of halogens is 2. The van der Waals surface area contributed by atoms with Crippen molar-refractivity contribution in [3.05, 3.63) is 69.3 Å². The molecule has 0 atom stereocenters. The first-order valence-electron chi connectivity index (χ1n) is 8.98. The van der Waals surface area contributed by atoms with Gasteiger partial charge >= 0.3 is 5.97 Å². The van der Waals surface area contributed by atoms with Crippen LogP contribution in [0.3, 0.4) is 0 Å². The molecule has 156 valence electrons. The molecule has 3 rings (SSSR count). The third kappa shape index (κ3) is 5.59. The van der Waals surface area contributed by atoms with Crippen molar-refractivity contribution in [3.8, 4) is 5.75 Å². The summed E-state index contributed by atoms with van der Waals surface area (Å²) in [4.78, 5) is 25.1. The zero-order chi connectivity index (χ0) is 21.7. The second kappa shape index (κ2) is 10.1. The molecule has 2 aromatic rings. The largest absolute Gasteiger partial charge is 0.489 e. The number of carboxylic acids is 1. The Balaban J connectivity index is 1.68. The maximum absolute atomic E-state index is 13.9. The molecular weight excluding hydrogens is 449 g/mol. The summed E-state index contributed by atoms with van der Waals surface area (Å²) in [6, 6.07) is 11.5. The van der Waals surface area contributed by atoms with Crippen molar-refractivity contribution in [2.75, 3.05) is 6.54 Å². The van der Waals surface area contributed by atoms with Crippen LogP contribution in [0, 0.1) is 5.82 Å². The molecule has 0 saturated carbocycles. The minimum absolute atomic E-state index is 0.0263. The van der Waals surface area contributed by atoms with E-state index in [0.717, 1.165) is 5.56 Å². The van der Waals surface area contributed by atoms with Crippen LogP contribution in [-0.4, -0.2) is 32.7 Å². The van der Waals surface area contributed by atoms with Gasteiger partial charge in [0.1, 0.15) is 22.5 Å². The molecular formula is C21H17ClFNO4S2. The van der Waals surface area contributed by atoms with Gasteiger partial charge in [-0.3, -0.25) is 14.5 Å². The van der Waals surface area contributed by atoms with Crippen LogP contribution < -0.4 is 4.74 Å². The van der Waals surface area contributed by atoms with Crippen LogP contribution >= 0.6 is 35.6 Å². The molecule has 0 aliphatic carbocycles. The van der Waals surface area contributed by atoms with E-state index in [9.17, 15) is 14.0 Å². The van der Waals surface area contributed by atoms with Crippen LogP contribution in [0.4, 0.5) is 4.39 Å². The molecule has 1 saturated heterocycles. The molecule has 1 fully saturated rings. The van der Waals surface area contributed by atoms with Gasteiger partial charge in [-0.15, -0.1) is 0 Å². The highest BCUT2D eigenvalue weighted by atomic mass is 35.5. The minimum atomic E-state index is -0.913. The maximum atomic E-state index is 13.9. The summed E-state index contributed by atoms with van der Waals surface area (Å²) >= 11 is 12.4. The van der Waals surface area contributed by atoms with E-state index < -0.39 is 11.8 Å². The number of carbonyl (C=O) groups excluding carboxylic acids is 1. The minimum Gasteiger partial charge on any atom is -0.489 e. The van der Waals surface area contributed by atoms with Gasteiger partial charge in [-0.25, -0.2) is 4.39 Å². The summed E-state index contributed by atoms with van der Waals surface area (Å²) in [6.07, 6.45) is 2.00. The van der Waals surface area contributed by atoms with E-state index in [4.69, 9.17) is 33.7 Å². The number of amides is 1. The number of ether oxygens (including phenoxy) is 1. The molecule has 0 radical (unpaired) electrons. The molecule has 2 aromatic carbocycles. The molecule has 1 heterocycles. The number of nitrogens with zero attached hydrogens (tertiary/aromatic N) is 1. The predicted molar refractivity (Wildman–Crippen MR) is 119 cm³/mol. The van der Waals surface area contributed by atoms with Gasteiger partial charge in [-0.2, -0.15) is 0 Å². The van der Waals surface area contributed by atoms with Crippen molar-refractivity contribution in [1.29, 1.82) is 0 Å². The van der Waals surface area contributed by atoms with E-state index in [1.54, 1.807) is 36.4 Å². The maximum Gasteiger partial charge on any atom is 0.303 e. The molecule has 1 amide bonds. The summed E-state index contributed by atoms with van der Waals surface area (Å²) in [5, 5.41) is 9.04. The normalized spacial score (nSPS) is 15.1. The molecule has 1 N–H and O–H groups in total. The quantitative estimate of drug-likeness (QED) is 0.431. The lowest BCUT2D eigenvalue weighted by molar-refractivity contribution is -0.137. The van der Waals surface area contributed by atoms with Crippen molar-refractivity contribution in [3.63, 3.8) is 0 Å². The Kier molecular flexibility index (Phi) is 7.47. The third-order valence-electron chi connectivity index (χ3n) is 4.25. The standard InChI is InChI=1S/C21H17ClFNO4S2/c22-16-6-2-7-17(23)15(16)12-28-14-5-1-4-13(10-14)11-18-20(27)24(21(29)30-18)9-3-8-19(25)26/h1-2,4-7,10-11H,3,8-9,12H2,(H,25,26). The zero-order valence-electron chi connectivity index (χ0n) is 15.6. The van der Waals surface area contributed by atoms with Crippen LogP contribution in [0.25, 0.3) is 6.08 Å². The van der Waals surface area contributed by atoms with Crippen molar-refractivity contribution >= 4 is 57.9 Å². The Labute approximate surface area is 187 Å². The average Bonchev–Trinajstić information content (AvgIpc) is 2.95. The molecule has 9 heteroatoms. The smallest absolute Gasteiger partial charge is 0.303 e. The first kappa shape index (κ1) is 22.3. The van der Waals surface area contributed by atoms with Gasteiger partial charge in [-0.05, 0) is 42.3 Å². The summed E-state index contributed by atoms with van der Waals surface area (Å²) in [5.41, 5.74) is 0.991. The number of aliphatic carboxylic acids is 1. The highest BCUT2D eigenvalue weighted by Crippen LogP contribution is 2.33. The topological polar surface area (TPSA) is 66.8 Å². The first-order valence-corrected chi connectivity index (χ1v) is 10.6. The van der Waals surface area contributed by atoms with Crippen LogP contribution in [0.1, 0.15) is 24.0 Å². The van der Waals surface area contributed by atoms with E-state index in [2.05, 4.69) is 0 Å². The van der Waals surface area contributed by atoms with Gasteiger partial charge in [-0.1, -0.05) is 53.8 Å². The fourth-order valence-corrected chi connectivity index (χ4v) is 4.28. The van der Waals surface area contributed by atoms with Crippen LogP contribution in [0.2, 0.25) is 5.02 Å². The number of thioether (sulfide) groups is 1. The highest BCUT2D eigenvalue weighted by Gasteiger charge is 2.31. The lowest BCUT2D eigenvalue weighted by Gasteiger charge is -2.13. The SMILES string of the molecule is O=C(O)CCCN1C(=O)C(=Cc2cccc(OCc3c(F)cccc3Cl)c2)SC1=S. The fourth-order valence-electron chi connectivity index (χ4n) is 2.75. The molecule has 0 spiro atoms. The Morgan fingerprint density at radius 1 is 1.30 bits per heavy atom. The van der Waals surface area contributed by atoms with Crippen molar-refractivity contribution < 1.29 is 23.8 Å². The Morgan fingerprint density at radius 3 is 2.80 bits per heavy atom. The monoisotopic (exact) mass is 465 g/mol. The number of rotatable bonds is 8. The van der Waals surface area contributed by atoms with Gasteiger partial charge in [0.25, 0.3) is 5.91 Å². The van der Waals surface area contributed by atoms with Gasteiger partial charge < -0.3 is 9.84 Å². The van der Waals surface area contributed by atoms with E-state index >= 15 is 0 Å². The van der Waals surface area contributed by atoms with Crippen molar-refractivity contribution in [1.82, 2.24) is 4.90 Å². The first-order chi connectivity index (χ1) is 14.3. The van der Waals surface area contributed by atoms with Gasteiger partial charge in [0, 0.05) is 18.5 Å². The van der Waals surface area contributed by atoms with Gasteiger partial charge in [0.05, 0.1) is 9.93 Å². The van der Waals surface area contributed by atoms with Crippen LogP contribution in [-0.2, 0) is 16.2 Å². The Bertz CT molecular complexity index is 1010. The van der Waals surface area contributed by atoms with Gasteiger partial charge in [0.15, 0.2) is 0 Å². The summed E-state index contributed by atoms with van der Waals surface area (Å²) in [5.74, 6) is -1.10. The number of hydrogen-bond acceptors (Lipinski definition) is 5. The molecule has 1 aliphatic rings. The summed E-state index contributed by atoms with van der Waals surface area (Å²) in [6.45, 7) is 0.238. The summed E-state index contributed by atoms with van der Waals surface area (Å²) in [7, 11) is 0. The van der Waals surface area contributed by atoms with Crippen LogP contribution in [0.5, 0.6) is 5.75 Å². The summed E-state index contributed by atoms with van der Waals surface area (Å²) < 4.78 is 20.0. The zero-order valence-corrected chi connectivity index (χ0v) is 18.0. The predicted octanol–water partition coefficient (Wildman–Crippen LogP) is 5.12. The van der Waals surface area contributed by atoms with Crippen LogP contribution in [0.15, 0.2) is 47.4 Å². The van der Waals surface area contributed by atoms with Crippen molar-refractivity contribution in [2.45, 2.75) is 19.4 Å². The number of benzene rings is 2. The van der Waals surface area contributed by atoms with E-state index in [0.29, 0.717) is 21.4 Å². The Hall–Kier alpha value is -2.42. The Morgan fingerprint density at radius 2 is 2.07 bits per heavy atom. The number of thiocarbonyl (C=S) groups is 1. The molecule has 30 heavy (non-hydrogen) atoms. The van der Waals surface area contributed by atoms with E-state index in [-0.39, 0.29) is 36.1 Å². The molecule has 1 aliphatic heterocycles. The van der Waals surface area contributed by atoms with Gasteiger partial charge in [0.2, 0.25) is 0 Å². The molecule has 0 aromatic heterocycles. The second-order valence-electron chi connectivity index (χ2n) is 6.39. The number of carboxylic acid groups (broad SMARTS) is 1. The number of carbonyl (C=O) groups is 2. The highest BCUT2D eigenvalue weighted by molar-refractivity contribution is 8.26. The fraction of sp³-hybridized carbons (Fsp3) is 0.190. The molecule has 5 nitrogen and oxygen atoms in total. The third-order valence-corrected chi connectivity index (χ3v) is 5.98. The molecule has 0 bridgehead atoms. The van der Waals surface area contributed by atoms with Crippen molar-refractivity contribution in [2.24, 2.45) is 0 Å². The lowest BCUT2D eigenvalue weighted by atomic mass is 10.2. The van der Waals surface area contributed by atoms with E-state index in [1.807, 2.05) is 0 Å². The number of hydrogen-bond donors (Lipinski definition) is 1.